The van der Waals surface area contributed by atoms with Gasteiger partial charge in [0.1, 0.15) is 0 Å². The van der Waals surface area contributed by atoms with E-state index in [4.69, 9.17) is 11.6 Å². The van der Waals surface area contributed by atoms with Gasteiger partial charge < -0.3 is 4.90 Å². The van der Waals surface area contributed by atoms with Crippen LogP contribution in [0.3, 0.4) is 0 Å². The molecule has 0 N–H and O–H groups in total. The molecule has 0 fully saturated rings. The van der Waals surface area contributed by atoms with Crippen LogP contribution >= 0.6 is 11.6 Å². The minimum absolute atomic E-state index is 0.332. The van der Waals surface area contributed by atoms with Crippen molar-refractivity contribution >= 4 is 27.1 Å². The van der Waals surface area contributed by atoms with Gasteiger partial charge in [0, 0.05) is 18.6 Å². The van der Waals surface area contributed by atoms with Crippen molar-refractivity contribution in [3.63, 3.8) is 0 Å². The highest BCUT2D eigenvalue weighted by Crippen LogP contribution is 2.39. The number of hydrogen-bond acceptors (Lipinski definition) is 3. The van der Waals surface area contributed by atoms with Crippen LogP contribution in [0.15, 0.2) is 23.1 Å². The Morgan fingerprint density at radius 1 is 1.38 bits per heavy atom. The molecule has 0 bridgehead atoms. The highest BCUT2D eigenvalue weighted by atomic mass is 35.5. The molecule has 0 spiro atoms. The molecule has 0 unspecified atom stereocenters. The van der Waals surface area contributed by atoms with E-state index < -0.39 is 14.6 Å². The first-order valence-corrected chi connectivity index (χ1v) is 6.87. The van der Waals surface area contributed by atoms with Gasteiger partial charge in [0.25, 0.3) is 0 Å². The molecule has 0 atom stereocenters. The molecule has 1 aliphatic heterocycles. The topological polar surface area (TPSA) is 37.4 Å². The number of nitrogens with zero attached hydrogens (tertiary/aromatic N) is 1. The van der Waals surface area contributed by atoms with Gasteiger partial charge in [-0.3, -0.25) is 0 Å². The van der Waals surface area contributed by atoms with Gasteiger partial charge in [-0.2, -0.15) is 0 Å². The Hall–Kier alpha value is -0.740. The van der Waals surface area contributed by atoms with E-state index in [1.807, 2.05) is 11.9 Å². The summed E-state index contributed by atoms with van der Waals surface area (Å²) in [6.07, 6.45) is 0. The lowest BCUT2D eigenvalue weighted by molar-refractivity contribution is 0.534. The molecule has 0 amide bonds. The normalized spacial score (nSPS) is 21.6. The van der Waals surface area contributed by atoms with Gasteiger partial charge in [-0.05, 0) is 32.0 Å². The second-order valence-electron chi connectivity index (χ2n) is 4.73. The maximum absolute atomic E-state index is 12.3. The second-order valence-corrected chi connectivity index (χ2v) is 7.72. The number of fused-ring (bicyclic) bond motifs is 1. The van der Waals surface area contributed by atoms with E-state index in [2.05, 4.69) is 0 Å². The third kappa shape index (κ3) is 1.52. The number of benzene rings is 1. The van der Waals surface area contributed by atoms with Crippen LogP contribution in [-0.4, -0.2) is 26.8 Å². The summed E-state index contributed by atoms with van der Waals surface area (Å²) in [5.41, 5.74) is 0.726. The third-order valence-electron chi connectivity index (χ3n) is 2.97. The Morgan fingerprint density at radius 2 is 2.00 bits per heavy atom. The van der Waals surface area contributed by atoms with Crippen LogP contribution in [0.25, 0.3) is 0 Å². The van der Waals surface area contributed by atoms with Crippen LogP contribution in [-0.2, 0) is 9.84 Å². The maximum Gasteiger partial charge on any atom is 0.187 e. The molecule has 0 radical (unpaired) electrons. The monoisotopic (exact) mass is 259 g/mol. The van der Waals surface area contributed by atoms with Crippen molar-refractivity contribution in [1.82, 2.24) is 0 Å². The van der Waals surface area contributed by atoms with Crippen molar-refractivity contribution < 1.29 is 8.42 Å². The molecule has 0 aromatic heterocycles. The van der Waals surface area contributed by atoms with E-state index in [1.54, 1.807) is 26.0 Å². The molecule has 0 saturated heterocycles. The highest BCUT2D eigenvalue weighted by molar-refractivity contribution is 7.93. The fourth-order valence-corrected chi connectivity index (χ4v) is 4.03. The van der Waals surface area contributed by atoms with Gasteiger partial charge in [-0.25, -0.2) is 8.42 Å². The van der Waals surface area contributed by atoms with E-state index in [0.717, 1.165) is 5.69 Å². The molecule has 1 aromatic rings. The summed E-state index contributed by atoms with van der Waals surface area (Å²) in [5.74, 6) is 0. The standard InChI is InChI=1S/C11H14ClNO2S/c1-11(2)7-13(3)9-5-4-8(12)6-10(9)16(11,14)15/h4-6H,7H2,1-3H3. The van der Waals surface area contributed by atoms with Gasteiger partial charge in [0.2, 0.25) is 0 Å². The van der Waals surface area contributed by atoms with Crippen LogP contribution in [0.4, 0.5) is 5.69 Å². The average molecular weight is 260 g/mol. The lowest BCUT2D eigenvalue weighted by Gasteiger charge is -2.38. The smallest absolute Gasteiger partial charge is 0.187 e. The highest BCUT2D eigenvalue weighted by Gasteiger charge is 2.42. The van der Waals surface area contributed by atoms with Gasteiger partial charge in [0.05, 0.1) is 15.3 Å². The largest absolute Gasteiger partial charge is 0.372 e. The molecule has 1 heterocycles. The predicted molar refractivity (Wildman–Crippen MR) is 66.0 cm³/mol. The van der Waals surface area contributed by atoms with Crippen LogP contribution in [0.2, 0.25) is 5.02 Å². The molecule has 0 saturated carbocycles. The molecule has 5 heteroatoms. The number of hydrogen-bond donors (Lipinski definition) is 0. The van der Waals surface area contributed by atoms with Crippen molar-refractivity contribution in [2.75, 3.05) is 18.5 Å². The predicted octanol–water partition coefficient (Wildman–Crippen LogP) is 2.34. The Bertz CT molecular complexity index is 537. The fourth-order valence-electron chi connectivity index (χ4n) is 2.06. The number of sulfone groups is 1. The summed E-state index contributed by atoms with van der Waals surface area (Å²) in [5, 5.41) is 0.452. The molecular weight excluding hydrogens is 246 g/mol. The first kappa shape index (κ1) is 11.7. The van der Waals surface area contributed by atoms with Gasteiger partial charge >= 0.3 is 0 Å². The quantitative estimate of drug-likeness (QED) is 0.718. The van der Waals surface area contributed by atoms with E-state index in [0.29, 0.717) is 16.5 Å². The van der Waals surface area contributed by atoms with Crippen molar-refractivity contribution in [3.05, 3.63) is 23.2 Å². The van der Waals surface area contributed by atoms with Crippen molar-refractivity contribution in [2.45, 2.75) is 23.5 Å². The Labute approximate surface area is 101 Å². The maximum atomic E-state index is 12.3. The SMILES string of the molecule is CN1CC(C)(C)S(=O)(=O)c2cc(Cl)ccc21. The average Bonchev–Trinajstić information content (AvgIpc) is 2.14. The number of anilines is 1. The minimum Gasteiger partial charge on any atom is -0.372 e. The summed E-state index contributed by atoms with van der Waals surface area (Å²) in [6.45, 7) is 3.97. The van der Waals surface area contributed by atoms with Crippen LogP contribution in [0, 0.1) is 0 Å². The van der Waals surface area contributed by atoms with E-state index in [1.165, 1.54) is 6.07 Å². The fraction of sp³-hybridized carbons (Fsp3) is 0.455. The molecule has 1 aliphatic rings. The van der Waals surface area contributed by atoms with Gasteiger partial charge in [0.15, 0.2) is 9.84 Å². The molecular formula is C11H14ClNO2S. The van der Waals surface area contributed by atoms with Gasteiger partial charge in [-0.1, -0.05) is 11.6 Å². The lowest BCUT2D eigenvalue weighted by atomic mass is 10.1. The summed E-state index contributed by atoms with van der Waals surface area (Å²) >= 11 is 5.86. The summed E-state index contributed by atoms with van der Waals surface area (Å²) in [4.78, 5) is 2.28. The summed E-state index contributed by atoms with van der Waals surface area (Å²) < 4.78 is 23.9. The number of rotatable bonds is 0. The van der Waals surface area contributed by atoms with Crippen LogP contribution in [0.1, 0.15) is 13.8 Å². The van der Waals surface area contributed by atoms with Crippen LogP contribution in [0.5, 0.6) is 0 Å². The molecule has 3 nitrogen and oxygen atoms in total. The Kier molecular flexibility index (Phi) is 2.48. The first-order valence-electron chi connectivity index (χ1n) is 5.01. The minimum atomic E-state index is -3.30. The molecule has 1 aromatic carbocycles. The Morgan fingerprint density at radius 3 is 2.62 bits per heavy atom. The summed E-state index contributed by atoms with van der Waals surface area (Å²) in [6, 6.07) is 5.00. The van der Waals surface area contributed by atoms with E-state index >= 15 is 0 Å². The van der Waals surface area contributed by atoms with Gasteiger partial charge in [-0.15, -0.1) is 0 Å². The van der Waals surface area contributed by atoms with E-state index in [-0.39, 0.29) is 0 Å². The number of halogens is 1. The second kappa shape index (κ2) is 3.37. The van der Waals surface area contributed by atoms with E-state index in [9.17, 15) is 8.42 Å². The molecule has 2 rings (SSSR count). The van der Waals surface area contributed by atoms with Crippen molar-refractivity contribution in [2.24, 2.45) is 0 Å². The molecule has 16 heavy (non-hydrogen) atoms. The van der Waals surface area contributed by atoms with Crippen molar-refractivity contribution in [1.29, 1.82) is 0 Å². The zero-order valence-corrected chi connectivity index (χ0v) is 11.1. The lowest BCUT2D eigenvalue weighted by Crippen LogP contribution is -2.47. The zero-order valence-electron chi connectivity index (χ0n) is 9.49. The molecule has 88 valence electrons. The summed E-state index contributed by atoms with van der Waals surface area (Å²) in [7, 11) is -1.41. The molecule has 0 aliphatic carbocycles. The Balaban J connectivity index is 2.77. The first-order chi connectivity index (χ1) is 7.25. The zero-order chi connectivity index (χ0) is 12.1. The van der Waals surface area contributed by atoms with Crippen molar-refractivity contribution in [3.8, 4) is 0 Å². The third-order valence-corrected chi connectivity index (χ3v) is 5.69. The van der Waals surface area contributed by atoms with Crippen LogP contribution < -0.4 is 4.90 Å².